The van der Waals surface area contributed by atoms with E-state index in [1.54, 1.807) is 31.3 Å². The highest BCUT2D eigenvalue weighted by atomic mass is 16.5. The van der Waals surface area contributed by atoms with Crippen molar-refractivity contribution >= 4 is 41.1 Å². The number of amides is 1. The number of rotatable bonds is 6. The summed E-state index contributed by atoms with van der Waals surface area (Å²) in [5.41, 5.74) is 2.77. The number of nitrogens with one attached hydrogen (secondary N) is 2. The topological polar surface area (TPSA) is 126 Å². The third-order valence-electron chi connectivity index (χ3n) is 4.82. The highest BCUT2D eigenvalue weighted by Gasteiger charge is 2.17. The summed E-state index contributed by atoms with van der Waals surface area (Å²) in [4.78, 5) is 43.3. The van der Waals surface area contributed by atoms with E-state index >= 15 is 0 Å². The van der Waals surface area contributed by atoms with E-state index in [4.69, 9.17) is 4.74 Å². The van der Waals surface area contributed by atoms with Crippen LogP contribution < -0.4 is 11.0 Å². The molecule has 0 saturated heterocycles. The first-order valence-corrected chi connectivity index (χ1v) is 9.90. The van der Waals surface area contributed by atoms with Gasteiger partial charge in [-0.1, -0.05) is 18.2 Å². The molecule has 4 rings (SSSR count). The first-order valence-electron chi connectivity index (χ1n) is 9.90. The Morgan fingerprint density at radius 2 is 1.94 bits per heavy atom. The van der Waals surface area contributed by atoms with Crippen LogP contribution >= 0.6 is 0 Å². The van der Waals surface area contributed by atoms with Gasteiger partial charge in [-0.3, -0.25) is 14.4 Å². The van der Waals surface area contributed by atoms with Gasteiger partial charge in [0.05, 0.1) is 17.9 Å². The summed E-state index contributed by atoms with van der Waals surface area (Å²) < 4.78 is 5.85. The van der Waals surface area contributed by atoms with E-state index in [1.807, 2.05) is 24.3 Å². The number of anilines is 1. The number of hydrogen-bond donors (Lipinski definition) is 3. The van der Waals surface area contributed by atoms with Gasteiger partial charge in [0.2, 0.25) is 11.8 Å². The zero-order chi connectivity index (χ0) is 22.7. The van der Waals surface area contributed by atoms with Gasteiger partial charge in [-0.25, -0.2) is 9.59 Å². The molecule has 0 atom stereocenters. The molecule has 0 aliphatic carbocycles. The number of ether oxygens (including phenoxy) is 1. The van der Waals surface area contributed by atoms with Crippen LogP contribution in [-0.4, -0.2) is 39.4 Å². The normalized spacial score (nSPS) is 13.2. The van der Waals surface area contributed by atoms with Crippen molar-refractivity contribution < 1.29 is 19.4 Å². The molecule has 9 heteroatoms. The Morgan fingerprint density at radius 3 is 2.69 bits per heavy atom. The van der Waals surface area contributed by atoms with Crippen molar-refractivity contribution in [3.8, 4) is 5.88 Å². The summed E-state index contributed by atoms with van der Waals surface area (Å²) in [6.45, 7) is 1.59. The summed E-state index contributed by atoms with van der Waals surface area (Å²) in [6.07, 6.45) is 3.25. The number of benzene rings is 2. The fourth-order valence-corrected chi connectivity index (χ4v) is 3.29. The number of aromatic hydroxyl groups is 1. The number of carbonyl (C=O) groups is 2. The lowest BCUT2D eigenvalue weighted by Crippen LogP contribution is -2.25. The molecule has 2 heterocycles. The number of allylic oxidation sites excluding steroid dienone is 1. The number of carbonyl (C=O) groups excluding carboxylic acids is 2. The second kappa shape index (κ2) is 8.76. The van der Waals surface area contributed by atoms with Gasteiger partial charge in [-0.15, -0.1) is 0 Å². The van der Waals surface area contributed by atoms with Gasteiger partial charge in [-0.2, -0.15) is 0 Å². The van der Waals surface area contributed by atoms with Crippen LogP contribution in [0, 0.1) is 0 Å². The second-order valence-corrected chi connectivity index (χ2v) is 6.97. The van der Waals surface area contributed by atoms with E-state index < -0.39 is 24.1 Å². The van der Waals surface area contributed by atoms with Crippen LogP contribution in [0.1, 0.15) is 28.5 Å². The minimum Gasteiger partial charge on any atom is -0.493 e. The number of esters is 1. The predicted molar refractivity (Wildman–Crippen MR) is 120 cm³/mol. The molecule has 9 nitrogen and oxygen atoms in total. The molecule has 2 aromatic carbocycles. The monoisotopic (exact) mass is 432 g/mol. The number of aromatic nitrogens is 2. The molecule has 162 valence electrons. The van der Waals surface area contributed by atoms with Crippen LogP contribution in [0.15, 0.2) is 58.3 Å². The van der Waals surface area contributed by atoms with Gasteiger partial charge in [-0.05, 0) is 43.3 Å². The Balaban J connectivity index is 1.48. The zero-order valence-electron chi connectivity index (χ0n) is 17.2. The summed E-state index contributed by atoms with van der Waals surface area (Å²) in [7, 11) is 0. The molecule has 32 heavy (non-hydrogen) atoms. The number of H-pyrrole nitrogens is 1. The highest BCUT2D eigenvalue weighted by Crippen LogP contribution is 2.32. The van der Waals surface area contributed by atoms with E-state index in [9.17, 15) is 19.5 Å². The Morgan fingerprint density at radius 1 is 1.19 bits per heavy atom. The molecule has 3 aromatic rings. The number of hydrogen-bond acceptors (Lipinski definition) is 6. The van der Waals surface area contributed by atoms with Gasteiger partial charge in [0.25, 0.3) is 0 Å². The largest absolute Gasteiger partial charge is 0.493 e. The van der Waals surface area contributed by atoms with E-state index in [0.29, 0.717) is 11.3 Å². The summed E-state index contributed by atoms with van der Waals surface area (Å²) in [5.74, 6) is -1.32. The van der Waals surface area contributed by atoms with Crippen molar-refractivity contribution in [1.82, 2.24) is 9.55 Å². The van der Waals surface area contributed by atoms with Gasteiger partial charge in [0.15, 0.2) is 0 Å². The minimum atomic E-state index is -0.620. The predicted octanol–water partition coefficient (Wildman–Crippen LogP) is 2.95. The molecular weight excluding hydrogens is 412 g/mol. The molecule has 0 unspecified atom stereocenters. The molecule has 3 N–H and O–H groups in total. The molecule has 1 aromatic heterocycles. The molecule has 0 fully saturated rings. The maximum Gasteiger partial charge on any atom is 0.338 e. The SMILES string of the molecule is CCOC(=O)c1ccc(NC(=O)Cn2c(O)c(/C=C3/C=Nc4ccccc43)[nH]c2=O)cc1. The summed E-state index contributed by atoms with van der Waals surface area (Å²) in [6, 6.07) is 13.7. The molecule has 0 spiro atoms. The minimum absolute atomic E-state index is 0.180. The summed E-state index contributed by atoms with van der Waals surface area (Å²) >= 11 is 0. The maximum atomic E-state index is 12.4. The Bertz CT molecular complexity index is 1300. The Hall–Kier alpha value is -4.40. The first-order chi connectivity index (χ1) is 15.5. The van der Waals surface area contributed by atoms with E-state index in [-0.39, 0.29) is 18.2 Å². The van der Waals surface area contributed by atoms with Gasteiger partial charge in [0, 0.05) is 23.0 Å². The van der Waals surface area contributed by atoms with Crippen LogP contribution in [0.3, 0.4) is 0 Å². The molecule has 1 aliphatic heterocycles. The van der Waals surface area contributed by atoms with Gasteiger partial charge < -0.3 is 20.1 Å². The lowest BCUT2D eigenvalue weighted by molar-refractivity contribution is -0.116. The molecular formula is C23H20N4O5. The highest BCUT2D eigenvalue weighted by molar-refractivity contribution is 6.21. The van der Waals surface area contributed by atoms with E-state index in [1.165, 1.54) is 12.1 Å². The van der Waals surface area contributed by atoms with Crippen molar-refractivity contribution in [3.63, 3.8) is 0 Å². The number of aliphatic imine (C=N–C) groups is 1. The lowest BCUT2D eigenvalue weighted by Gasteiger charge is -2.07. The first kappa shape index (κ1) is 20.9. The standard InChI is InChI=1S/C23H20N4O5/c1-2-32-22(30)14-7-9-16(10-8-14)25-20(28)13-27-21(29)19(26-23(27)31)11-15-12-24-18-6-4-3-5-17(15)18/h3-12,29H,2,13H2,1H3,(H,25,28)(H,26,31)/b15-11-. The molecule has 0 saturated carbocycles. The van der Waals surface area contributed by atoms with Crippen molar-refractivity contribution in [2.45, 2.75) is 13.5 Å². The van der Waals surface area contributed by atoms with Crippen molar-refractivity contribution in [2.75, 3.05) is 11.9 Å². The van der Waals surface area contributed by atoms with Crippen LogP contribution in [0.2, 0.25) is 0 Å². The zero-order valence-corrected chi connectivity index (χ0v) is 17.2. The molecule has 0 radical (unpaired) electrons. The summed E-state index contributed by atoms with van der Waals surface area (Å²) in [5, 5.41) is 13.1. The smallest absolute Gasteiger partial charge is 0.338 e. The van der Waals surface area contributed by atoms with Crippen LogP contribution in [0.4, 0.5) is 11.4 Å². The quantitative estimate of drug-likeness (QED) is 0.517. The maximum absolute atomic E-state index is 12.4. The van der Waals surface area contributed by atoms with Crippen LogP contribution in [0.25, 0.3) is 11.6 Å². The number of para-hydroxylation sites is 1. The van der Waals surface area contributed by atoms with E-state index in [0.717, 1.165) is 21.4 Å². The third-order valence-corrected chi connectivity index (χ3v) is 4.82. The molecule has 1 amide bonds. The van der Waals surface area contributed by atoms with Crippen molar-refractivity contribution in [3.05, 3.63) is 75.8 Å². The molecule has 1 aliphatic rings. The Labute approximate surface area is 182 Å². The number of aromatic amines is 1. The van der Waals surface area contributed by atoms with Gasteiger partial charge in [0.1, 0.15) is 12.2 Å². The van der Waals surface area contributed by atoms with E-state index in [2.05, 4.69) is 15.3 Å². The van der Waals surface area contributed by atoms with Crippen LogP contribution in [-0.2, 0) is 16.1 Å². The lowest BCUT2D eigenvalue weighted by atomic mass is 10.1. The number of fused-ring (bicyclic) bond motifs is 1. The average Bonchev–Trinajstić information content (AvgIpc) is 3.31. The average molecular weight is 432 g/mol. The molecule has 0 bridgehead atoms. The second-order valence-electron chi connectivity index (χ2n) is 6.97. The van der Waals surface area contributed by atoms with Crippen molar-refractivity contribution in [1.29, 1.82) is 0 Å². The number of nitrogens with zero attached hydrogens (tertiary/aromatic N) is 2. The van der Waals surface area contributed by atoms with Gasteiger partial charge >= 0.3 is 11.7 Å². The fourth-order valence-electron chi connectivity index (χ4n) is 3.29. The third kappa shape index (κ3) is 4.22. The number of imidazole rings is 1. The fraction of sp³-hybridized carbons (Fsp3) is 0.130. The Kier molecular flexibility index (Phi) is 5.71. The van der Waals surface area contributed by atoms with Crippen LogP contribution in [0.5, 0.6) is 5.88 Å². The van der Waals surface area contributed by atoms with Crippen molar-refractivity contribution in [2.24, 2.45) is 4.99 Å².